The number of nitrogens with one attached hydrogen (secondary N) is 2. The first-order valence-electron chi connectivity index (χ1n) is 7.98. The summed E-state index contributed by atoms with van der Waals surface area (Å²) in [5.74, 6) is 0.668. The maximum absolute atomic E-state index is 11.6. The highest BCUT2D eigenvalue weighted by Crippen LogP contribution is 2.32. The second kappa shape index (κ2) is 7.14. The van der Waals surface area contributed by atoms with Crippen LogP contribution in [0, 0.1) is 30.9 Å². The highest BCUT2D eigenvalue weighted by atomic mass is 16.6. The molecule has 0 saturated heterocycles. The number of hydrogen-bond donors (Lipinski definition) is 2. The average Bonchev–Trinajstić information content (AvgIpc) is 2.58. The highest BCUT2D eigenvalue weighted by molar-refractivity contribution is 5.76. The third-order valence-corrected chi connectivity index (χ3v) is 3.91. The van der Waals surface area contributed by atoms with Crippen molar-refractivity contribution in [2.45, 2.75) is 20.8 Å². The van der Waals surface area contributed by atoms with E-state index in [-0.39, 0.29) is 17.3 Å². The van der Waals surface area contributed by atoms with E-state index in [1.165, 1.54) is 6.33 Å². The molecule has 8 heteroatoms. The average molecular weight is 350 g/mol. The van der Waals surface area contributed by atoms with Gasteiger partial charge in [0.15, 0.2) is 0 Å². The lowest BCUT2D eigenvalue weighted by atomic mass is 10.1. The van der Waals surface area contributed by atoms with Crippen molar-refractivity contribution in [1.82, 2.24) is 15.0 Å². The molecule has 2 heterocycles. The SMILES string of the molecule is Cc1cccc(Nc2ncnc(Nc3ccc(C)c(C)c3)c2[N+](=O)[O-])n1. The summed E-state index contributed by atoms with van der Waals surface area (Å²) in [5, 5.41) is 17.5. The first-order valence-corrected chi connectivity index (χ1v) is 7.98. The first kappa shape index (κ1) is 17.3. The van der Waals surface area contributed by atoms with E-state index in [1.54, 1.807) is 6.07 Å². The van der Waals surface area contributed by atoms with E-state index in [1.807, 2.05) is 51.1 Å². The summed E-state index contributed by atoms with van der Waals surface area (Å²) < 4.78 is 0. The van der Waals surface area contributed by atoms with Gasteiger partial charge in [0.25, 0.3) is 0 Å². The van der Waals surface area contributed by atoms with Gasteiger partial charge in [-0.2, -0.15) is 0 Å². The zero-order valence-electron chi connectivity index (χ0n) is 14.6. The largest absolute Gasteiger partial charge is 0.353 e. The second-order valence-electron chi connectivity index (χ2n) is 5.89. The van der Waals surface area contributed by atoms with Gasteiger partial charge in [0.2, 0.25) is 11.6 Å². The van der Waals surface area contributed by atoms with Gasteiger partial charge in [0, 0.05) is 11.4 Å². The Morgan fingerprint density at radius 1 is 0.962 bits per heavy atom. The normalized spacial score (nSPS) is 10.4. The smallest absolute Gasteiger partial charge is 0.334 e. The molecule has 0 fully saturated rings. The molecule has 132 valence electrons. The molecule has 0 radical (unpaired) electrons. The molecule has 0 aliphatic heterocycles. The summed E-state index contributed by atoms with van der Waals surface area (Å²) in [5.41, 5.74) is 3.48. The van der Waals surface area contributed by atoms with Gasteiger partial charge in [-0.3, -0.25) is 10.1 Å². The van der Waals surface area contributed by atoms with Crippen molar-refractivity contribution >= 4 is 28.8 Å². The Morgan fingerprint density at radius 2 is 1.69 bits per heavy atom. The third-order valence-electron chi connectivity index (χ3n) is 3.91. The van der Waals surface area contributed by atoms with Crippen LogP contribution in [-0.4, -0.2) is 19.9 Å². The van der Waals surface area contributed by atoms with E-state index in [9.17, 15) is 10.1 Å². The van der Waals surface area contributed by atoms with Crippen molar-refractivity contribution in [2.75, 3.05) is 10.6 Å². The molecule has 1 aromatic carbocycles. The monoisotopic (exact) mass is 350 g/mol. The highest BCUT2D eigenvalue weighted by Gasteiger charge is 2.23. The zero-order chi connectivity index (χ0) is 18.7. The summed E-state index contributed by atoms with van der Waals surface area (Å²) in [6.07, 6.45) is 1.27. The van der Waals surface area contributed by atoms with Gasteiger partial charge < -0.3 is 10.6 Å². The molecule has 0 aliphatic carbocycles. The van der Waals surface area contributed by atoms with Crippen LogP contribution in [0.4, 0.5) is 28.8 Å². The number of benzene rings is 1. The Balaban J connectivity index is 1.98. The van der Waals surface area contributed by atoms with E-state index in [4.69, 9.17) is 0 Å². The molecule has 0 unspecified atom stereocenters. The van der Waals surface area contributed by atoms with Gasteiger partial charge in [0.05, 0.1) is 4.92 Å². The lowest BCUT2D eigenvalue weighted by Gasteiger charge is -2.11. The molecule has 0 atom stereocenters. The van der Waals surface area contributed by atoms with Crippen molar-refractivity contribution in [2.24, 2.45) is 0 Å². The fraction of sp³-hybridized carbons (Fsp3) is 0.167. The molecule has 0 spiro atoms. The van der Waals surface area contributed by atoms with E-state index in [0.717, 1.165) is 22.5 Å². The van der Waals surface area contributed by atoms with E-state index in [2.05, 4.69) is 25.6 Å². The van der Waals surface area contributed by atoms with Gasteiger partial charge >= 0.3 is 5.69 Å². The lowest BCUT2D eigenvalue weighted by Crippen LogP contribution is -2.06. The maximum atomic E-state index is 11.6. The summed E-state index contributed by atoms with van der Waals surface area (Å²) >= 11 is 0. The van der Waals surface area contributed by atoms with E-state index in [0.29, 0.717) is 5.82 Å². The van der Waals surface area contributed by atoms with Crippen molar-refractivity contribution in [1.29, 1.82) is 0 Å². The van der Waals surface area contributed by atoms with Crippen LogP contribution in [0.5, 0.6) is 0 Å². The van der Waals surface area contributed by atoms with Crippen LogP contribution in [0.25, 0.3) is 0 Å². The molecule has 26 heavy (non-hydrogen) atoms. The fourth-order valence-corrected chi connectivity index (χ4v) is 2.42. The van der Waals surface area contributed by atoms with E-state index >= 15 is 0 Å². The van der Waals surface area contributed by atoms with Gasteiger partial charge in [0.1, 0.15) is 12.1 Å². The van der Waals surface area contributed by atoms with Gasteiger partial charge in [-0.1, -0.05) is 12.1 Å². The number of rotatable bonds is 5. The second-order valence-corrected chi connectivity index (χ2v) is 5.89. The number of nitro groups is 1. The zero-order valence-corrected chi connectivity index (χ0v) is 14.6. The van der Waals surface area contributed by atoms with Crippen molar-refractivity contribution in [3.63, 3.8) is 0 Å². The quantitative estimate of drug-likeness (QED) is 0.525. The Kier molecular flexibility index (Phi) is 4.74. The van der Waals surface area contributed by atoms with Gasteiger partial charge in [-0.25, -0.2) is 15.0 Å². The van der Waals surface area contributed by atoms with Crippen LogP contribution in [0.3, 0.4) is 0 Å². The van der Waals surface area contributed by atoms with Gasteiger partial charge in [-0.15, -0.1) is 0 Å². The predicted octanol–water partition coefficient (Wildman–Crippen LogP) is 4.19. The number of pyridine rings is 1. The number of aryl methyl sites for hydroxylation is 3. The number of nitrogens with zero attached hydrogens (tertiary/aromatic N) is 4. The Bertz CT molecular complexity index is 974. The third kappa shape index (κ3) is 3.75. The van der Waals surface area contributed by atoms with Crippen molar-refractivity contribution in [3.05, 3.63) is 69.7 Å². The minimum Gasteiger partial charge on any atom is -0.334 e. The standard InChI is InChI=1S/C18H18N6O2/c1-11-7-8-14(9-12(11)2)22-17-16(24(25)26)18(20-10-19-17)23-15-6-4-5-13(3)21-15/h4-10H,1-3H3,(H2,19,20,21,22,23). The topological polar surface area (TPSA) is 106 Å². The van der Waals surface area contributed by atoms with Crippen LogP contribution in [0.2, 0.25) is 0 Å². The van der Waals surface area contributed by atoms with Crippen molar-refractivity contribution in [3.8, 4) is 0 Å². The molecule has 2 aromatic heterocycles. The maximum Gasteiger partial charge on any atom is 0.353 e. The molecule has 0 saturated carbocycles. The van der Waals surface area contributed by atoms with Crippen LogP contribution in [-0.2, 0) is 0 Å². The molecular formula is C18H18N6O2. The first-order chi connectivity index (χ1) is 12.4. The summed E-state index contributed by atoms with van der Waals surface area (Å²) in [6.45, 7) is 5.82. The summed E-state index contributed by atoms with van der Waals surface area (Å²) in [7, 11) is 0. The summed E-state index contributed by atoms with van der Waals surface area (Å²) in [4.78, 5) is 23.5. The van der Waals surface area contributed by atoms with Crippen LogP contribution < -0.4 is 10.6 Å². The lowest BCUT2D eigenvalue weighted by molar-refractivity contribution is -0.383. The molecule has 0 amide bonds. The number of hydrogen-bond acceptors (Lipinski definition) is 7. The molecule has 2 N–H and O–H groups in total. The molecule has 8 nitrogen and oxygen atoms in total. The number of aromatic nitrogens is 3. The molecule has 0 aliphatic rings. The summed E-state index contributed by atoms with van der Waals surface area (Å²) in [6, 6.07) is 11.1. The minimum atomic E-state index is -0.512. The van der Waals surface area contributed by atoms with Crippen LogP contribution >= 0.6 is 0 Å². The molecule has 3 rings (SSSR count). The molecule has 3 aromatic rings. The van der Waals surface area contributed by atoms with Crippen molar-refractivity contribution < 1.29 is 4.92 Å². The van der Waals surface area contributed by atoms with Crippen LogP contribution in [0.1, 0.15) is 16.8 Å². The molecule has 0 bridgehead atoms. The minimum absolute atomic E-state index is 0.0782. The Morgan fingerprint density at radius 3 is 2.35 bits per heavy atom. The van der Waals surface area contributed by atoms with E-state index < -0.39 is 4.92 Å². The Labute approximate surface area is 150 Å². The van der Waals surface area contributed by atoms with Crippen LogP contribution in [0.15, 0.2) is 42.7 Å². The number of anilines is 4. The Hall–Kier alpha value is -3.55. The van der Waals surface area contributed by atoms with Gasteiger partial charge in [-0.05, 0) is 56.2 Å². The fourth-order valence-electron chi connectivity index (χ4n) is 2.42. The predicted molar refractivity (Wildman–Crippen MR) is 100 cm³/mol. The molecular weight excluding hydrogens is 332 g/mol.